The second-order valence-corrected chi connectivity index (χ2v) is 5.83. The molecule has 5 heteroatoms. The SMILES string of the molecule is CC1CC[NH+](CC(=O)NC(=O)NCc2ccccc2)CC1. The summed E-state index contributed by atoms with van der Waals surface area (Å²) in [5.41, 5.74) is 1.01. The molecular formula is C16H24N3O2+. The average Bonchev–Trinajstić information content (AvgIpc) is 2.48. The predicted octanol–water partition coefficient (Wildman–Crippen LogP) is 0.327. The number of rotatable bonds is 4. The van der Waals surface area contributed by atoms with Gasteiger partial charge in [-0.15, -0.1) is 0 Å². The summed E-state index contributed by atoms with van der Waals surface area (Å²) in [5.74, 6) is 0.552. The highest BCUT2D eigenvalue weighted by atomic mass is 16.2. The van der Waals surface area contributed by atoms with Gasteiger partial charge >= 0.3 is 6.03 Å². The molecule has 1 heterocycles. The zero-order chi connectivity index (χ0) is 15.1. The van der Waals surface area contributed by atoms with Crippen LogP contribution in [0.15, 0.2) is 30.3 Å². The molecule has 0 bridgehead atoms. The smallest absolute Gasteiger partial charge is 0.321 e. The first-order valence-electron chi connectivity index (χ1n) is 7.58. The monoisotopic (exact) mass is 290 g/mol. The Bertz CT molecular complexity index is 468. The molecule has 1 aromatic rings. The Morgan fingerprint density at radius 3 is 2.52 bits per heavy atom. The van der Waals surface area contributed by atoms with Crippen LogP contribution in [0.4, 0.5) is 4.79 Å². The molecule has 1 aliphatic heterocycles. The second kappa shape index (κ2) is 7.78. The van der Waals surface area contributed by atoms with Crippen molar-refractivity contribution in [2.24, 2.45) is 5.92 Å². The number of nitrogens with one attached hydrogen (secondary N) is 3. The molecule has 1 aromatic carbocycles. The van der Waals surface area contributed by atoms with Gasteiger partial charge in [-0.05, 0) is 24.3 Å². The Kier molecular flexibility index (Phi) is 5.75. The van der Waals surface area contributed by atoms with E-state index in [2.05, 4.69) is 17.6 Å². The maximum atomic E-state index is 11.8. The summed E-state index contributed by atoms with van der Waals surface area (Å²) < 4.78 is 0. The first-order valence-corrected chi connectivity index (χ1v) is 7.58. The Hall–Kier alpha value is -1.88. The minimum atomic E-state index is -0.423. The normalized spacial score (nSPS) is 21.6. The highest BCUT2D eigenvalue weighted by Crippen LogP contribution is 2.06. The summed E-state index contributed by atoms with van der Waals surface area (Å²) in [4.78, 5) is 24.8. The quantitative estimate of drug-likeness (QED) is 0.748. The summed E-state index contributed by atoms with van der Waals surface area (Å²) in [5, 5.41) is 5.09. The van der Waals surface area contributed by atoms with Crippen LogP contribution in [-0.4, -0.2) is 31.6 Å². The molecule has 3 N–H and O–H groups in total. The molecule has 2 rings (SSSR count). The van der Waals surface area contributed by atoms with E-state index in [-0.39, 0.29) is 5.91 Å². The molecule has 114 valence electrons. The number of hydrogen-bond donors (Lipinski definition) is 3. The third kappa shape index (κ3) is 5.55. The average molecular weight is 290 g/mol. The maximum Gasteiger partial charge on any atom is 0.321 e. The van der Waals surface area contributed by atoms with Crippen LogP contribution >= 0.6 is 0 Å². The third-order valence-corrected chi connectivity index (χ3v) is 3.94. The number of hydrogen-bond acceptors (Lipinski definition) is 2. The maximum absolute atomic E-state index is 11.8. The lowest BCUT2D eigenvalue weighted by molar-refractivity contribution is -0.898. The van der Waals surface area contributed by atoms with Crippen LogP contribution in [-0.2, 0) is 11.3 Å². The van der Waals surface area contributed by atoms with E-state index in [0.29, 0.717) is 13.1 Å². The van der Waals surface area contributed by atoms with Crippen molar-refractivity contribution in [1.82, 2.24) is 10.6 Å². The van der Waals surface area contributed by atoms with Crippen molar-refractivity contribution in [1.29, 1.82) is 0 Å². The van der Waals surface area contributed by atoms with Crippen LogP contribution in [0.2, 0.25) is 0 Å². The van der Waals surface area contributed by atoms with Crippen molar-refractivity contribution in [3.8, 4) is 0 Å². The van der Waals surface area contributed by atoms with Crippen LogP contribution in [0.25, 0.3) is 0 Å². The Morgan fingerprint density at radius 2 is 1.86 bits per heavy atom. The Labute approximate surface area is 125 Å². The summed E-state index contributed by atoms with van der Waals surface area (Å²) >= 11 is 0. The largest absolute Gasteiger partial charge is 0.334 e. The van der Waals surface area contributed by atoms with Gasteiger partial charge in [0.2, 0.25) is 0 Å². The predicted molar refractivity (Wildman–Crippen MR) is 80.8 cm³/mol. The molecule has 3 amide bonds. The lowest BCUT2D eigenvalue weighted by atomic mass is 9.99. The van der Waals surface area contributed by atoms with E-state index in [1.807, 2.05) is 30.3 Å². The molecule has 1 saturated heterocycles. The molecule has 0 atom stereocenters. The number of carbonyl (C=O) groups is 2. The molecule has 0 saturated carbocycles. The Morgan fingerprint density at radius 1 is 1.19 bits per heavy atom. The van der Waals surface area contributed by atoms with E-state index < -0.39 is 6.03 Å². The molecule has 0 spiro atoms. The number of piperidine rings is 1. The number of urea groups is 1. The van der Waals surface area contributed by atoms with Crippen LogP contribution < -0.4 is 15.5 Å². The summed E-state index contributed by atoms with van der Waals surface area (Å²) in [6, 6.07) is 9.20. The van der Waals surface area contributed by atoms with E-state index in [4.69, 9.17) is 0 Å². The van der Waals surface area contributed by atoms with Crippen LogP contribution in [0.1, 0.15) is 25.3 Å². The van der Waals surface area contributed by atoms with Crippen LogP contribution in [0, 0.1) is 5.92 Å². The second-order valence-electron chi connectivity index (χ2n) is 5.83. The molecule has 0 radical (unpaired) electrons. The van der Waals surface area contributed by atoms with Crippen LogP contribution in [0.3, 0.4) is 0 Å². The highest BCUT2D eigenvalue weighted by Gasteiger charge is 2.21. The van der Waals surface area contributed by atoms with Gasteiger partial charge < -0.3 is 10.2 Å². The topological polar surface area (TPSA) is 62.6 Å². The fraction of sp³-hybridized carbons (Fsp3) is 0.500. The number of amides is 3. The summed E-state index contributed by atoms with van der Waals surface area (Å²) in [6.45, 7) is 5.08. The fourth-order valence-electron chi connectivity index (χ4n) is 2.57. The van der Waals surface area contributed by atoms with Crippen molar-refractivity contribution in [3.63, 3.8) is 0 Å². The van der Waals surface area contributed by atoms with Gasteiger partial charge in [0.15, 0.2) is 6.54 Å². The minimum absolute atomic E-state index is 0.204. The molecule has 1 aliphatic rings. The lowest BCUT2D eigenvalue weighted by Gasteiger charge is -2.26. The third-order valence-electron chi connectivity index (χ3n) is 3.94. The zero-order valence-corrected chi connectivity index (χ0v) is 12.5. The Balaban J connectivity index is 1.66. The van der Waals surface area contributed by atoms with E-state index in [9.17, 15) is 9.59 Å². The van der Waals surface area contributed by atoms with Gasteiger partial charge in [0, 0.05) is 6.54 Å². The van der Waals surface area contributed by atoms with Gasteiger partial charge in [-0.1, -0.05) is 37.3 Å². The molecule has 0 aromatic heterocycles. The van der Waals surface area contributed by atoms with Gasteiger partial charge in [-0.25, -0.2) is 4.79 Å². The van der Waals surface area contributed by atoms with Crippen molar-refractivity contribution < 1.29 is 14.5 Å². The number of imide groups is 1. The number of benzene rings is 1. The molecule has 0 unspecified atom stereocenters. The fourth-order valence-corrected chi connectivity index (χ4v) is 2.57. The summed E-state index contributed by atoms with van der Waals surface area (Å²) in [6.07, 6.45) is 2.31. The molecule has 1 fully saturated rings. The van der Waals surface area contributed by atoms with Gasteiger partial charge in [-0.2, -0.15) is 0 Å². The molecule has 0 aliphatic carbocycles. The van der Waals surface area contributed by atoms with Gasteiger partial charge in [0.1, 0.15) is 0 Å². The number of carbonyl (C=O) groups excluding carboxylic acids is 2. The van der Waals surface area contributed by atoms with Crippen molar-refractivity contribution in [2.75, 3.05) is 19.6 Å². The van der Waals surface area contributed by atoms with Gasteiger partial charge in [0.05, 0.1) is 13.1 Å². The number of likely N-dealkylation sites (tertiary alicyclic amines) is 1. The van der Waals surface area contributed by atoms with Gasteiger partial charge in [0.25, 0.3) is 5.91 Å². The highest BCUT2D eigenvalue weighted by molar-refractivity contribution is 5.94. The van der Waals surface area contributed by atoms with Crippen molar-refractivity contribution >= 4 is 11.9 Å². The standard InChI is InChI=1S/C16H23N3O2/c1-13-7-9-19(10-8-13)12-15(20)18-16(21)17-11-14-5-3-2-4-6-14/h2-6,13H,7-12H2,1H3,(H2,17,18,20,21)/p+1. The van der Waals surface area contributed by atoms with Gasteiger partial charge in [-0.3, -0.25) is 10.1 Å². The first kappa shape index (κ1) is 15.5. The zero-order valence-electron chi connectivity index (χ0n) is 12.5. The number of quaternary nitrogens is 1. The van der Waals surface area contributed by atoms with E-state index in [1.54, 1.807) is 0 Å². The van der Waals surface area contributed by atoms with E-state index >= 15 is 0 Å². The molecular weight excluding hydrogens is 266 g/mol. The van der Waals surface area contributed by atoms with Crippen molar-refractivity contribution in [3.05, 3.63) is 35.9 Å². The van der Waals surface area contributed by atoms with Crippen LogP contribution in [0.5, 0.6) is 0 Å². The lowest BCUT2D eigenvalue weighted by Crippen LogP contribution is -3.14. The first-order chi connectivity index (χ1) is 10.1. The minimum Gasteiger partial charge on any atom is -0.334 e. The van der Waals surface area contributed by atoms with Crippen molar-refractivity contribution in [2.45, 2.75) is 26.3 Å². The molecule has 21 heavy (non-hydrogen) atoms. The molecule has 5 nitrogen and oxygen atoms in total. The van der Waals surface area contributed by atoms with E-state index in [1.165, 1.54) is 4.90 Å². The van der Waals surface area contributed by atoms with E-state index in [0.717, 1.165) is 37.4 Å². The summed E-state index contributed by atoms with van der Waals surface area (Å²) in [7, 11) is 0.